The van der Waals surface area contributed by atoms with Crippen molar-refractivity contribution in [2.45, 2.75) is 70.4 Å². The quantitative estimate of drug-likeness (QED) is 0.796. The van der Waals surface area contributed by atoms with Crippen LogP contribution in [0.5, 0.6) is 0 Å². The van der Waals surface area contributed by atoms with Crippen LogP contribution < -0.4 is 10.6 Å². The first-order valence-corrected chi connectivity index (χ1v) is 9.54. The predicted octanol–water partition coefficient (Wildman–Crippen LogP) is 2.24. The zero-order valence-corrected chi connectivity index (χ0v) is 15.3. The Kier molecular flexibility index (Phi) is 5.31. The number of nitrogens with zero attached hydrogens (tertiary/aromatic N) is 3. The predicted molar refractivity (Wildman–Crippen MR) is 93.3 cm³/mol. The van der Waals surface area contributed by atoms with Gasteiger partial charge in [0.1, 0.15) is 11.0 Å². The number of urea groups is 1. The summed E-state index contributed by atoms with van der Waals surface area (Å²) in [5.41, 5.74) is 0. The lowest BCUT2D eigenvalue weighted by Gasteiger charge is -2.19. The molecule has 2 aliphatic rings. The molecule has 1 saturated heterocycles. The van der Waals surface area contributed by atoms with Crippen LogP contribution in [0.4, 0.5) is 9.93 Å². The van der Waals surface area contributed by atoms with Crippen LogP contribution in [0.2, 0.25) is 0 Å². The van der Waals surface area contributed by atoms with E-state index in [1.54, 1.807) is 13.8 Å². The lowest BCUT2D eigenvalue weighted by atomic mass is 9.90. The summed E-state index contributed by atoms with van der Waals surface area (Å²) in [4.78, 5) is 37.4. The molecule has 25 heavy (non-hydrogen) atoms. The van der Waals surface area contributed by atoms with Gasteiger partial charge in [-0.25, -0.2) is 4.79 Å². The van der Waals surface area contributed by atoms with Crippen molar-refractivity contribution < 1.29 is 14.4 Å². The van der Waals surface area contributed by atoms with E-state index in [4.69, 9.17) is 0 Å². The van der Waals surface area contributed by atoms with Crippen LogP contribution in [-0.4, -0.2) is 45.0 Å². The second kappa shape index (κ2) is 7.47. The van der Waals surface area contributed by atoms with E-state index in [-0.39, 0.29) is 24.3 Å². The Hall–Kier alpha value is -2.03. The standard InChI is InChI=1S/C16H23N5O3S/c1-9(2)21-12(22)8-11(14(21)23)17-15(24)18-16-20-19-13(25-16)10-6-4-3-5-7-10/h9-11H,3-8H2,1-2H3,(H2,17,18,20,24)/t11-/m1/s1. The average molecular weight is 365 g/mol. The average Bonchev–Trinajstić information content (AvgIpc) is 3.13. The third-order valence-corrected chi connectivity index (χ3v) is 5.62. The number of hydrogen-bond acceptors (Lipinski definition) is 6. The van der Waals surface area contributed by atoms with Gasteiger partial charge in [0.05, 0.1) is 6.42 Å². The van der Waals surface area contributed by atoms with Crippen molar-refractivity contribution in [3.63, 3.8) is 0 Å². The first-order chi connectivity index (χ1) is 12.0. The fourth-order valence-electron chi connectivity index (χ4n) is 3.40. The molecule has 0 unspecified atom stereocenters. The maximum Gasteiger partial charge on any atom is 0.321 e. The maximum absolute atomic E-state index is 12.2. The summed E-state index contributed by atoms with van der Waals surface area (Å²) in [7, 11) is 0. The fourth-order valence-corrected chi connectivity index (χ4v) is 4.30. The van der Waals surface area contributed by atoms with Gasteiger partial charge in [0, 0.05) is 12.0 Å². The second-order valence-corrected chi connectivity index (χ2v) is 7.84. The summed E-state index contributed by atoms with van der Waals surface area (Å²) in [5, 5.41) is 14.7. The Labute approximate surface area is 150 Å². The number of rotatable bonds is 4. The van der Waals surface area contributed by atoms with Crippen LogP contribution in [0.15, 0.2) is 0 Å². The third kappa shape index (κ3) is 3.97. The van der Waals surface area contributed by atoms with Crippen molar-refractivity contribution >= 4 is 34.3 Å². The number of aromatic nitrogens is 2. The molecular weight excluding hydrogens is 342 g/mol. The molecule has 0 aromatic carbocycles. The molecule has 1 saturated carbocycles. The summed E-state index contributed by atoms with van der Waals surface area (Å²) < 4.78 is 0. The highest BCUT2D eigenvalue weighted by atomic mass is 32.1. The van der Waals surface area contributed by atoms with E-state index < -0.39 is 12.1 Å². The van der Waals surface area contributed by atoms with Gasteiger partial charge in [-0.3, -0.25) is 19.8 Å². The number of hydrogen-bond donors (Lipinski definition) is 2. The number of carbonyl (C=O) groups excluding carboxylic acids is 3. The first-order valence-electron chi connectivity index (χ1n) is 8.72. The molecule has 9 heteroatoms. The number of anilines is 1. The Morgan fingerprint density at radius 2 is 1.92 bits per heavy atom. The summed E-state index contributed by atoms with van der Waals surface area (Å²) in [6, 6.07) is -1.57. The van der Waals surface area contributed by atoms with Crippen molar-refractivity contribution in [1.29, 1.82) is 0 Å². The van der Waals surface area contributed by atoms with Gasteiger partial charge in [0.2, 0.25) is 11.0 Å². The van der Waals surface area contributed by atoms with Gasteiger partial charge in [-0.2, -0.15) is 0 Å². The molecule has 1 aliphatic heterocycles. The topological polar surface area (TPSA) is 104 Å². The molecular formula is C16H23N5O3S. The van der Waals surface area contributed by atoms with Gasteiger partial charge in [0.15, 0.2) is 0 Å². The Morgan fingerprint density at radius 1 is 1.20 bits per heavy atom. The molecule has 1 aromatic heterocycles. The van der Waals surface area contributed by atoms with Crippen molar-refractivity contribution in [3.05, 3.63) is 5.01 Å². The molecule has 4 amide bonds. The molecule has 1 atom stereocenters. The lowest BCUT2D eigenvalue weighted by molar-refractivity contribution is -0.140. The van der Waals surface area contributed by atoms with Crippen LogP contribution >= 0.6 is 11.3 Å². The Bertz CT molecular complexity index is 668. The van der Waals surface area contributed by atoms with E-state index in [9.17, 15) is 14.4 Å². The fraction of sp³-hybridized carbons (Fsp3) is 0.688. The van der Waals surface area contributed by atoms with E-state index in [1.165, 1.54) is 35.5 Å². The Balaban J connectivity index is 1.55. The number of carbonyl (C=O) groups is 3. The highest BCUT2D eigenvalue weighted by Crippen LogP contribution is 2.35. The lowest BCUT2D eigenvalue weighted by Crippen LogP contribution is -2.45. The molecule has 2 heterocycles. The smallest absolute Gasteiger partial charge is 0.321 e. The zero-order valence-electron chi connectivity index (χ0n) is 14.4. The summed E-state index contributed by atoms with van der Waals surface area (Å²) >= 11 is 1.38. The number of amides is 4. The summed E-state index contributed by atoms with van der Waals surface area (Å²) in [6.07, 6.45) is 5.91. The molecule has 0 bridgehead atoms. The monoisotopic (exact) mass is 365 g/mol. The van der Waals surface area contributed by atoms with Crippen LogP contribution in [0.1, 0.15) is 63.3 Å². The largest absolute Gasteiger partial charge is 0.325 e. The minimum Gasteiger partial charge on any atom is -0.325 e. The maximum atomic E-state index is 12.2. The molecule has 136 valence electrons. The summed E-state index contributed by atoms with van der Waals surface area (Å²) in [6.45, 7) is 3.54. The van der Waals surface area contributed by atoms with E-state index in [0.29, 0.717) is 11.0 Å². The van der Waals surface area contributed by atoms with Crippen molar-refractivity contribution in [2.24, 2.45) is 0 Å². The minimum absolute atomic E-state index is 0.00607. The highest BCUT2D eigenvalue weighted by Gasteiger charge is 2.40. The molecule has 1 aromatic rings. The third-order valence-electron chi connectivity index (χ3n) is 4.62. The van der Waals surface area contributed by atoms with Gasteiger partial charge >= 0.3 is 6.03 Å². The highest BCUT2D eigenvalue weighted by molar-refractivity contribution is 7.15. The molecule has 1 aliphatic carbocycles. The Morgan fingerprint density at radius 3 is 2.56 bits per heavy atom. The summed E-state index contributed by atoms with van der Waals surface area (Å²) in [5.74, 6) is -0.199. The van der Waals surface area contributed by atoms with E-state index in [2.05, 4.69) is 20.8 Å². The van der Waals surface area contributed by atoms with Gasteiger partial charge in [-0.05, 0) is 26.7 Å². The van der Waals surface area contributed by atoms with Gasteiger partial charge < -0.3 is 5.32 Å². The van der Waals surface area contributed by atoms with Crippen LogP contribution in [0.25, 0.3) is 0 Å². The van der Waals surface area contributed by atoms with Crippen molar-refractivity contribution in [1.82, 2.24) is 20.4 Å². The van der Waals surface area contributed by atoms with Gasteiger partial charge in [-0.1, -0.05) is 30.6 Å². The normalized spacial score (nSPS) is 21.9. The number of imide groups is 1. The van der Waals surface area contributed by atoms with E-state index in [0.717, 1.165) is 17.8 Å². The SMILES string of the molecule is CC(C)N1C(=O)C[C@@H](NC(=O)Nc2nnc(C3CCCCC3)s2)C1=O. The number of likely N-dealkylation sites (tertiary alicyclic amines) is 1. The van der Waals surface area contributed by atoms with Gasteiger partial charge in [-0.15, -0.1) is 10.2 Å². The molecule has 8 nitrogen and oxygen atoms in total. The molecule has 2 N–H and O–H groups in total. The second-order valence-electron chi connectivity index (χ2n) is 6.83. The van der Waals surface area contributed by atoms with Crippen molar-refractivity contribution in [3.8, 4) is 0 Å². The van der Waals surface area contributed by atoms with Gasteiger partial charge in [0.25, 0.3) is 5.91 Å². The molecule has 0 radical (unpaired) electrons. The van der Waals surface area contributed by atoms with E-state index >= 15 is 0 Å². The van der Waals surface area contributed by atoms with Crippen molar-refractivity contribution in [2.75, 3.05) is 5.32 Å². The molecule has 2 fully saturated rings. The first kappa shape index (κ1) is 17.8. The van der Waals surface area contributed by atoms with Crippen LogP contribution in [0.3, 0.4) is 0 Å². The molecule has 0 spiro atoms. The van der Waals surface area contributed by atoms with Crippen LogP contribution in [-0.2, 0) is 9.59 Å². The zero-order chi connectivity index (χ0) is 18.0. The van der Waals surface area contributed by atoms with Crippen LogP contribution in [0, 0.1) is 0 Å². The molecule has 3 rings (SSSR count). The number of nitrogens with one attached hydrogen (secondary N) is 2. The minimum atomic E-state index is -0.819. The van der Waals surface area contributed by atoms with E-state index in [1.807, 2.05) is 0 Å².